The van der Waals surface area contributed by atoms with Gasteiger partial charge in [-0.2, -0.15) is 5.10 Å². The minimum atomic E-state index is -0.556. The quantitative estimate of drug-likeness (QED) is 0.338. The molecule has 0 radical (unpaired) electrons. The maximum Gasteiger partial charge on any atom is 0.197 e. The average molecular weight is 453 g/mol. The van der Waals surface area contributed by atoms with Crippen molar-refractivity contribution in [1.82, 2.24) is 9.78 Å². The molecule has 2 N–H and O–H groups in total. The number of benzene rings is 2. The molecule has 3 rings (SSSR count). The van der Waals surface area contributed by atoms with Crippen molar-refractivity contribution in [3.05, 3.63) is 62.7 Å². The van der Waals surface area contributed by atoms with Gasteiger partial charge in [-0.15, -0.1) is 0 Å². The third kappa shape index (κ3) is 3.57. The molecule has 0 aliphatic rings. The Morgan fingerprint density at radius 3 is 2.89 bits per heavy atom. The summed E-state index contributed by atoms with van der Waals surface area (Å²) >= 11 is 9.51. The van der Waals surface area contributed by atoms with Crippen LogP contribution in [0.2, 0.25) is 5.02 Å². The molecule has 0 atom stereocenters. The fourth-order valence-corrected chi connectivity index (χ4v) is 3.68. The number of ether oxygens (including phenoxy) is 1. The zero-order valence-electron chi connectivity index (χ0n) is 14.6. The van der Waals surface area contributed by atoms with Crippen molar-refractivity contribution in [2.75, 3.05) is 12.3 Å². The van der Waals surface area contributed by atoms with Gasteiger partial charge in [0.15, 0.2) is 5.78 Å². The lowest BCUT2D eigenvalue weighted by molar-refractivity contribution is 0.103. The molecular formula is C19H16BrClFN3O2. The Hall–Kier alpha value is -2.38. The van der Waals surface area contributed by atoms with Crippen LogP contribution in [0.5, 0.6) is 0 Å². The number of halogens is 3. The van der Waals surface area contributed by atoms with E-state index in [0.717, 1.165) is 17.1 Å². The molecule has 0 unspecified atom stereocenters. The van der Waals surface area contributed by atoms with E-state index in [9.17, 15) is 9.18 Å². The van der Waals surface area contributed by atoms with Gasteiger partial charge in [0, 0.05) is 23.7 Å². The van der Waals surface area contributed by atoms with Crippen molar-refractivity contribution in [3.8, 4) is 0 Å². The first-order valence-corrected chi connectivity index (χ1v) is 9.24. The summed E-state index contributed by atoms with van der Waals surface area (Å²) < 4.78 is 20.9. The van der Waals surface area contributed by atoms with Crippen LogP contribution < -0.4 is 5.73 Å². The molecule has 0 aliphatic carbocycles. The number of rotatable bonds is 5. The molecule has 140 valence electrons. The molecule has 0 aliphatic heterocycles. The molecule has 0 spiro atoms. The predicted octanol–water partition coefficient (Wildman–Crippen LogP) is 4.95. The van der Waals surface area contributed by atoms with Crippen molar-refractivity contribution in [1.29, 1.82) is 0 Å². The van der Waals surface area contributed by atoms with E-state index < -0.39 is 11.6 Å². The molecule has 0 saturated heterocycles. The largest absolute Gasteiger partial charge is 0.501 e. The van der Waals surface area contributed by atoms with Crippen LogP contribution in [0.1, 0.15) is 28.5 Å². The third-order valence-corrected chi connectivity index (χ3v) is 5.14. The van der Waals surface area contributed by atoms with E-state index in [2.05, 4.69) is 21.0 Å². The molecular weight excluding hydrogens is 437 g/mol. The van der Waals surface area contributed by atoms with Crippen LogP contribution in [0.25, 0.3) is 17.0 Å². The summed E-state index contributed by atoms with van der Waals surface area (Å²) in [7, 11) is 1.78. The summed E-state index contributed by atoms with van der Waals surface area (Å²) in [4.78, 5) is 13.0. The Balaban J connectivity index is 2.18. The second-order valence-electron chi connectivity index (χ2n) is 5.77. The van der Waals surface area contributed by atoms with E-state index in [1.165, 1.54) is 12.1 Å². The van der Waals surface area contributed by atoms with Gasteiger partial charge in [-0.05, 0) is 53.2 Å². The van der Waals surface area contributed by atoms with Gasteiger partial charge in [0.25, 0.3) is 0 Å². The van der Waals surface area contributed by atoms with Crippen LogP contribution in [0, 0.1) is 5.82 Å². The summed E-state index contributed by atoms with van der Waals surface area (Å²) in [6.45, 7) is 2.43. The summed E-state index contributed by atoms with van der Waals surface area (Å²) in [6, 6.07) is 5.29. The Morgan fingerprint density at radius 2 is 2.19 bits per heavy atom. The number of carbonyl (C=O) groups is 1. The molecule has 0 amide bonds. The maximum absolute atomic E-state index is 13.6. The van der Waals surface area contributed by atoms with E-state index in [1.54, 1.807) is 30.1 Å². The second kappa shape index (κ2) is 7.70. The Labute approximate surface area is 168 Å². The van der Waals surface area contributed by atoms with Crippen LogP contribution in [0.15, 0.2) is 35.0 Å². The van der Waals surface area contributed by atoms with Gasteiger partial charge >= 0.3 is 0 Å². The topological polar surface area (TPSA) is 70.1 Å². The van der Waals surface area contributed by atoms with Gasteiger partial charge in [-0.1, -0.05) is 11.6 Å². The van der Waals surface area contributed by atoms with Gasteiger partial charge in [0.2, 0.25) is 0 Å². The number of aryl methyl sites for hydroxylation is 1. The van der Waals surface area contributed by atoms with Crippen molar-refractivity contribution in [2.24, 2.45) is 7.05 Å². The molecule has 8 heteroatoms. The third-order valence-electron chi connectivity index (χ3n) is 4.03. The highest BCUT2D eigenvalue weighted by Gasteiger charge is 2.23. The molecule has 1 aromatic heterocycles. The van der Waals surface area contributed by atoms with Gasteiger partial charge < -0.3 is 10.5 Å². The van der Waals surface area contributed by atoms with E-state index >= 15 is 0 Å². The van der Waals surface area contributed by atoms with Crippen molar-refractivity contribution >= 4 is 56.0 Å². The summed E-state index contributed by atoms with van der Waals surface area (Å²) in [5.74, 6) is -1.04. The van der Waals surface area contributed by atoms with Gasteiger partial charge in [-0.25, -0.2) is 4.39 Å². The van der Waals surface area contributed by atoms with Crippen LogP contribution in [-0.2, 0) is 11.8 Å². The number of nitrogens with zero attached hydrogens (tertiary/aromatic N) is 2. The molecule has 0 bridgehead atoms. The predicted molar refractivity (Wildman–Crippen MR) is 108 cm³/mol. The number of ketones is 1. The van der Waals surface area contributed by atoms with Crippen molar-refractivity contribution in [2.45, 2.75) is 6.92 Å². The molecule has 5 nitrogen and oxygen atoms in total. The first-order chi connectivity index (χ1) is 12.8. The minimum absolute atomic E-state index is 0.0378. The van der Waals surface area contributed by atoms with Crippen molar-refractivity contribution < 1.29 is 13.9 Å². The molecule has 27 heavy (non-hydrogen) atoms. The standard InChI is InChI=1S/C19H16BrClFN3O2/c1-3-27-7-6-15-12-9-14(23)16(17(20)18(12)24-25(15)2)19(26)11-8-10(22)4-5-13(11)21/h4-9H,3,23H2,1-2H3. The Kier molecular flexibility index (Phi) is 5.53. The van der Waals surface area contributed by atoms with Crippen molar-refractivity contribution in [3.63, 3.8) is 0 Å². The lowest BCUT2D eigenvalue weighted by Gasteiger charge is -2.10. The molecule has 0 fully saturated rings. The summed E-state index contributed by atoms with van der Waals surface area (Å²) in [5.41, 5.74) is 7.95. The van der Waals surface area contributed by atoms with Gasteiger partial charge in [0.1, 0.15) is 11.3 Å². The number of nitrogens with two attached hydrogens (primary N) is 1. The molecule has 1 heterocycles. The van der Waals surface area contributed by atoms with E-state index in [4.69, 9.17) is 22.1 Å². The van der Waals surface area contributed by atoms with Gasteiger partial charge in [0.05, 0.1) is 33.6 Å². The first kappa shape index (κ1) is 19.4. The highest BCUT2D eigenvalue weighted by molar-refractivity contribution is 9.10. The molecule has 2 aromatic carbocycles. The normalized spacial score (nSPS) is 11.4. The fraction of sp³-hybridized carbons (Fsp3) is 0.158. The molecule has 0 saturated carbocycles. The van der Waals surface area contributed by atoms with E-state index in [1.807, 2.05) is 6.92 Å². The Bertz CT molecular complexity index is 1080. The van der Waals surface area contributed by atoms with Gasteiger partial charge in [-0.3, -0.25) is 9.48 Å². The lowest BCUT2D eigenvalue weighted by atomic mass is 9.99. The fourth-order valence-electron chi connectivity index (χ4n) is 2.77. The highest BCUT2D eigenvalue weighted by Crippen LogP contribution is 2.36. The minimum Gasteiger partial charge on any atom is -0.501 e. The van der Waals surface area contributed by atoms with Crippen LogP contribution in [-0.4, -0.2) is 22.2 Å². The Morgan fingerprint density at radius 1 is 1.44 bits per heavy atom. The number of hydrogen-bond acceptors (Lipinski definition) is 4. The second-order valence-corrected chi connectivity index (χ2v) is 6.97. The number of fused-ring (bicyclic) bond motifs is 1. The van der Waals surface area contributed by atoms with Crippen LogP contribution >= 0.6 is 27.5 Å². The SMILES string of the molecule is CCOC=Cc1c2cc(N)c(C(=O)c3cc(F)ccc3Cl)c(Br)c2nn1C. The number of aromatic nitrogens is 2. The lowest BCUT2D eigenvalue weighted by Crippen LogP contribution is -2.08. The zero-order chi connectivity index (χ0) is 19.7. The smallest absolute Gasteiger partial charge is 0.197 e. The number of hydrogen-bond donors (Lipinski definition) is 1. The van der Waals surface area contributed by atoms with Crippen LogP contribution in [0.3, 0.4) is 0 Å². The number of anilines is 1. The summed E-state index contributed by atoms with van der Waals surface area (Å²) in [5, 5.41) is 5.35. The average Bonchev–Trinajstić information content (AvgIpc) is 2.93. The first-order valence-electron chi connectivity index (χ1n) is 8.07. The highest BCUT2D eigenvalue weighted by atomic mass is 79.9. The summed E-state index contributed by atoms with van der Waals surface area (Å²) in [6.07, 6.45) is 3.35. The zero-order valence-corrected chi connectivity index (χ0v) is 16.9. The molecule has 3 aromatic rings. The van der Waals surface area contributed by atoms with E-state index in [0.29, 0.717) is 16.6 Å². The monoisotopic (exact) mass is 451 g/mol. The van der Waals surface area contributed by atoms with E-state index in [-0.39, 0.29) is 21.8 Å². The number of carbonyl (C=O) groups excluding carboxylic acids is 1. The maximum atomic E-state index is 13.6. The number of nitrogen functional groups attached to an aromatic ring is 1. The van der Waals surface area contributed by atoms with Crippen LogP contribution in [0.4, 0.5) is 10.1 Å².